The summed E-state index contributed by atoms with van der Waals surface area (Å²) in [7, 11) is 0. The summed E-state index contributed by atoms with van der Waals surface area (Å²) in [5.74, 6) is 0.204. The van der Waals surface area contributed by atoms with E-state index in [-0.39, 0.29) is 5.91 Å². The zero-order chi connectivity index (χ0) is 24.3. The van der Waals surface area contributed by atoms with E-state index in [4.69, 9.17) is 10.5 Å². The average Bonchev–Trinajstić information content (AvgIpc) is 2.88. The van der Waals surface area contributed by atoms with Crippen LogP contribution >= 0.6 is 0 Å². The Balaban J connectivity index is 1.06. The van der Waals surface area contributed by atoms with Crippen LogP contribution in [0.15, 0.2) is 85.1 Å². The Bertz CT molecular complexity index is 1240. The highest BCUT2D eigenvalue weighted by molar-refractivity contribution is 6.04. The van der Waals surface area contributed by atoms with Crippen LogP contribution in [-0.4, -0.2) is 24.0 Å². The molecule has 0 saturated carbocycles. The second kappa shape index (κ2) is 12.6. The van der Waals surface area contributed by atoms with Gasteiger partial charge in [0.05, 0.1) is 6.61 Å². The van der Waals surface area contributed by atoms with Gasteiger partial charge in [-0.2, -0.15) is 0 Å². The van der Waals surface area contributed by atoms with Crippen molar-refractivity contribution in [3.8, 4) is 0 Å². The summed E-state index contributed by atoms with van der Waals surface area (Å²) in [6.45, 7) is 3.17. The predicted molar refractivity (Wildman–Crippen MR) is 142 cm³/mol. The SMILES string of the molecule is Nc1cc(NC(=O)c2ccc(CNCCCCCOCc3ccc4ccccc4c3)cc2)ccn1. The monoisotopic (exact) mass is 468 g/mol. The van der Waals surface area contributed by atoms with Crippen LogP contribution in [0.5, 0.6) is 0 Å². The van der Waals surface area contributed by atoms with Crippen LogP contribution in [0.25, 0.3) is 10.8 Å². The summed E-state index contributed by atoms with van der Waals surface area (Å²) in [5.41, 5.74) is 9.25. The minimum absolute atomic E-state index is 0.169. The van der Waals surface area contributed by atoms with E-state index in [1.54, 1.807) is 18.3 Å². The van der Waals surface area contributed by atoms with Crippen molar-refractivity contribution in [2.45, 2.75) is 32.4 Å². The summed E-state index contributed by atoms with van der Waals surface area (Å²) in [5, 5.41) is 8.82. The fourth-order valence-electron chi connectivity index (χ4n) is 3.89. The van der Waals surface area contributed by atoms with Gasteiger partial charge in [0.15, 0.2) is 0 Å². The van der Waals surface area contributed by atoms with Crippen molar-refractivity contribution in [2.75, 3.05) is 24.2 Å². The van der Waals surface area contributed by atoms with E-state index >= 15 is 0 Å². The number of nitrogens with zero attached hydrogens (tertiary/aromatic N) is 1. The molecule has 0 aliphatic carbocycles. The number of nitrogens with two attached hydrogens (primary N) is 1. The lowest BCUT2D eigenvalue weighted by molar-refractivity contribution is 0.102. The molecule has 0 spiro atoms. The summed E-state index contributed by atoms with van der Waals surface area (Å²) >= 11 is 0. The van der Waals surface area contributed by atoms with Gasteiger partial charge in [-0.1, -0.05) is 48.5 Å². The fraction of sp³-hybridized carbons (Fsp3) is 0.241. The third-order valence-corrected chi connectivity index (χ3v) is 5.81. The largest absolute Gasteiger partial charge is 0.384 e. The lowest BCUT2D eigenvalue weighted by Gasteiger charge is -2.08. The Morgan fingerprint density at radius 1 is 0.857 bits per heavy atom. The maximum atomic E-state index is 12.4. The number of aromatic nitrogens is 1. The van der Waals surface area contributed by atoms with Gasteiger partial charge in [0.2, 0.25) is 0 Å². The summed E-state index contributed by atoms with van der Waals surface area (Å²) in [6, 6.07) is 25.9. The normalized spacial score (nSPS) is 11.0. The quantitative estimate of drug-likeness (QED) is 0.237. The number of carbonyl (C=O) groups excluding carboxylic acids is 1. The molecular formula is C29H32N4O2. The zero-order valence-electron chi connectivity index (χ0n) is 19.9. The van der Waals surface area contributed by atoms with E-state index in [0.717, 1.165) is 44.5 Å². The molecule has 6 heteroatoms. The van der Waals surface area contributed by atoms with Crippen LogP contribution < -0.4 is 16.4 Å². The first kappa shape index (κ1) is 24.4. The topological polar surface area (TPSA) is 89.3 Å². The van der Waals surface area contributed by atoms with E-state index < -0.39 is 0 Å². The smallest absolute Gasteiger partial charge is 0.255 e. The maximum Gasteiger partial charge on any atom is 0.255 e. The minimum Gasteiger partial charge on any atom is -0.384 e. The number of hydrogen-bond acceptors (Lipinski definition) is 5. The number of carbonyl (C=O) groups is 1. The molecule has 0 radical (unpaired) electrons. The van der Waals surface area contributed by atoms with Gasteiger partial charge >= 0.3 is 0 Å². The van der Waals surface area contributed by atoms with Crippen molar-refractivity contribution in [1.29, 1.82) is 0 Å². The first-order valence-electron chi connectivity index (χ1n) is 12.1. The molecular weight excluding hydrogens is 436 g/mol. The summed E-state index contributed by atoms with van der Waals surface area (Å²) in [4.78, 5) is 16.3. The molecule has 0 saturated heterocycles. The number of nitrogens with one attached hydrogen (secondary N) is 2. The first-order valence-corrected chi connectivity index (χ1v) is 12.1. The number of nitrogen functional groups attached to an aromatic ring is 1. The molecule has 0 fully saturated rings. The average molecular weight is 469 g/mol. The number of anilines is 2. The Kier molecular flexibility index (Phi) is 8.81. The number of rotatable bonds is 12. The molecule has 0 unspecified atom stereocenters. The van der Waals surface area contributed by atoms with Crippen molar-refractivity contribution in [2.24, 2.45) is 0 Å². The van der Waals surface area contributed by atoms with Gasteiger partial charge in [-0.25, -0.2) is 4.98 Å². The Morgan fingerprint density at radius 3 is 2.49 bits per heavy atom. The molecule has 35 heavy (non-hydrogen) atoms. The van der Waals surface area contributed by atoms with Crippen molar-refractivity contribution in [3.63, 3.8) is 0 Å². The number of ether oxygens (including phenoxy) is 1. The lowest BCUT2D eigenvalue weighted by Crippen LogP contribution is -2.15. The van der Waals surface area contributed by atoms with Gasteiger partial charge in [-0.05, 0) is 72.0 Å². The molecule has 0 aliphatic heterocycles. The molecule has 1 heterocycles. The van der Waals surface area contributed by atoms with Crippen molar-refractivity contribution in [1.82, 2.24) is 10.3 Å². The van der Waals surface area contributed by atoms with Crippen LogP contribution in [0, 0.1) is 0 Å². The van der Waals surface area contributed by atoms with Gasteiger partial charge in [-0.15, -0.1) is 0 Å². The van der Waals surface area contributed by atoms with E-state index in [0.29, 0.717) is 23.7 Å². The Morgan fingerprint density at radius 2 is 1.66 bits per heavy atom. The molecule has 180 valence electrons. The van der Waals surface area contributed by atoms with E-state index in [1.807, 2.05) is 24.3 Å². The number of unbranched alkanes of at least 4 members (excludes halogenated alkanes) is 2. The number of pyridine rings is 1. The Labute approximate surface area is 206 Å². The number of hydrogen-bond donors (Lipinski definition) is 3. The number of benzene rings is 3. The van der Waals surface area contributed by atoms with Gasteiger partial charge in [0.1, 0.15) is 5.82 Å². The molecule has 4 rings (SSSR count). The molecule has 0 bridgehead atoms. The van der Waals surface area contributed by atoms with E-state index in [9.17, 15) is 4.79 Å². The summed E-state index contributed by atoms with van der Waals surface area (Å²) < 4.78 is 5.86. The van der Waals surface area contributed by atoms with Crippen LogP contribution in [0.3, 0.4) is 0 Å². The van der Waals surface area contributed by atoms with Gasteiger partial charge in [0, 0.05) is 36.7 Å². The van der Waals surface area contributed by atoms with Gasteiger partial charge < -0.3 is 21.1 Å². The minimum atomic E-state index is -0.169. The third kappa shape index (κ3) is 7.64. The fourth-order valence-corrected chi connectivity index (χ4v) is 3.89. The lowest BCUT2D eigenvalue weighted by atomic mass is 10.1. The van der Waals surface area contributed by atoms with Crippen molar-refractivity contribution >= 4 is 28.2 Å². The highest BCUT2D eigenvalue weighted by atomic mass is 16.5. The molecule has 4 N–H and O–H groups in total. The second-order valence-corrected chi connectivity index (χ2v) is 8.59. The zero-order valence-corrected chi connectivity index (χ0v) is 19.9. The molecule has 0 atom stereocenters. The first-order chi connectivity index (χ1) is 17.2. The molecule has 1 amide bonds. The van der Waals surface area contributed by atoms with Crippen LogP contribution in [0.2, 0.25) is 0 Å². The highest BCUT2D eigenvalue weighted by Gasteiger charge is 2.06. The highest BCUT2D eigenvalue weighted by Crippen LogP contribution is 2.16. The van der Waals surface area contributed by atoms with Gasteiger partial charge in [0.25, 0.3) is 5.91 Å². The third-order valence-electron chi connectivity index (χ3n) is 5.81. The molecule has 3 aromatic carbocycles. The van der Waals surface area contributed by atoms with Gasteiger partial charge in [-0.3, -0.25) is 4.79 Å². The molecule has 6 nitrogen and oxygen atoms in total. The Hall–Kier alpha value is -3.74. The maximum absolute atomic E-state index is 12.4. The van der Waals surface area contributed by atoms with Crippen LogP contribution in [0.1, 0.15) is 40.7 Å². The second-order valence-electron chi connectivity index (χ2n) is 8.59. The standard InChI is InChI=1S/C29H32N4O2/c30-28-19-27(14-16-32-28)33-29(34)25-12-8-22(9-13-25)20-31-15-4-1-5-17-35-21-23-10-11-24-6-2-3-7-26(24)18-23/h2-3,6-14,16,18-19,31H,1,4-5,15,17,20-21H2,(H3,30,32,33,34). The van der Waals surface area contributed by atoms with Crippen molar-refractivity contribution in [3.05, 3.63) is 102 Å². The summed E-state index contributed by atoms with van der Waals surface area (Å²) in [6.07, 6.45) is 4.86. The van der Waals surface area contributed by atoms with Crippen LogP contribution in [0.4, 0.5) is 11.5 Å². The predicted octanol–water partition coefficient (Wildman–Crippen LogP) is 5.55. The number of fused-ring (bicyclic) bond motifs is 1. The van der Waals surface area contributed by atoms with E-state index in [2.05, 4.69) is 58.1 Å². The molecule has 4 aromatic rings. The van der Waals surface area contributed by atoms with E-state index in [1.165, 1.54) is 16.3 Å². The molecule has 1 aromatic heterocycles. The van der Waals surface area contributed by atoms with Crippen molar-refractivity contribution < 1.29 is 9.53 Å². The molecule has 0 aliphatic rings. The number of amides is 1. The van der Waals surface area contributed by atoms with Crippen LogP contribution in [-0.2, 0) is 17.9 Å².